The van der Waals surface area contributed by atoms with E-state index < -0.39 is 0 Å². The molecule has 0 bridgehead atoms. The number of amides is 1. The van der Waals surface area contributed by atoms with E-state index in [9.17, 15) is 4.79 Å². The maximum Gasteiger partial charge on any atom is 0.253 e. The molecule has 2 rings (SSSR count). The first-order valence-electron chi connectivity index (χ1n) is 8.42. The van der Waals surface area contributed by atoms with Crippen LogP contribution < -0.4 is 10.6 Å². The molecule has 2 aromatic rings. The van der Waals surface area contributed by atoms with Crippen molar-refractivity contribution in [3.63, 3.8) is 0 Å². The molecule has 0 aliphatic heterocycles. The van der Waals surface area contributed by atoms with Crippen molar-refractivity contribution in [1.82, 2.24) is 20.5 Å². The minimum Gasteiger partial charge on any atom is -0.357 e. The summed E-state index contributed by atoms with van der Waals surface area (Å²) in [6, 6.07) is 11.2. The van der Waals surface area contributed by atoms with E-state index in [2.05, 4.69) is 20.6 Å². The molecular weight excluding hydrogens is 477 g/mol. The third kappa shape index (κ3) is 7.72. The molecule has 0 aliphatic rings. The van der Waals surface area contributed by atoms with Gasteiger partial charge >= 0.3 is 0 Å². The Morgan fingerprint density at radius 1 is 1.11 bits per heavy atom. The summed E-state index contributed by atoms with van der Waals surface area (Å²) in [6.45, 7) is 3.90. The Bertz CT molecular complexity index is 748. The summed E-state index contributed by atoms with van der Waals surface area (Å²) in [5, 5.41) is 6.97. The highest BCUT2D eigenvalue weighted by atomic mass is 127. The predicted octanol–water partition coefficient (Wildman–Crippen LogP) is 3.31. The fourth-order valence-corrected chi connectivity index (χ4v) is 2.33. The van der Waals surface area contributed by atoms with Crippen molar-refractivity contribution in [3.05, 3.63) is 64.4 Å². The molecule has 0 fully saturated rings. The lowest BCUT2D eigenvalue weighted by molar-refractivity contribution is 0.0827. The number of pyridine rings is 1. The van der Waals surface area contributed by atoms with E-state index in [0.717, 1.165) is 23.6 Å². The third-order valence-corrected chi connectivity index (χ3v) is 3.84. The number of guanidine groups is 1. The first-order chi connectivity index (χ1) is 12.5. The fraction of sp³-hybridized carbons (Fsp3) is 0.316. The van der Waals surface area contributed by atoms with E-state index in [1.165, 1.54) is 0 Å². The van der Waals surface area contributed by atoms with Gasteiger partial charge in [-0.15, -0.1) is 24.0 Å². The molecule has 6 nitrogen and oxygen atoms in total. The van der Waals surface area contributed by atoms with Crippen molar-refractivity contribution in [2.45, 2.75) is 20.0 Å². The van der Waals surface area contributed by atoms with Crippen LogP contribution in [0.2, 0.25) is 5.15 Å². The number of hydrogen-bond acceptors (Lipinski definition) is 3. The first kappa shape index (κ1) is 23.2. The second-order valence-corrected chi connectivity index (χ2v) is 6.32. The van der Waals surface area contributed by atoms with Crippen LogP contribution in [0.15, 0.2) is 47.6 Å². The Morgan fingerprint density at radius 3 is 2.33 bits per heavy atom. The zero-order valence-electron chi connectivity index (χ0n) is 15.7. The van der Waals surface area contributed by atoms with E-state index >= 15 is 0 Å². The molecular formula is C19H25ClIN5O. The number of aromatic nitrogens is 1. The Balaban J connectivity index is 0.00000364. The highest BCUT2D eigenvalue weighted by Gasteiger charge is 2.07. The van der Waals surface area contributed by atoms with Crippen LogP contribution in [0.25, 0.3) is 0 Å². The predicted molar refractivity (Wildman–Crippen MR) is 121 cm³/mol. The van der Waals surface area contributed by atoms with Crippen molar-refractivity contribution < 1.29 is 4.79 Å². The molecule has 0 unspecified atom stereocenters. The van der Waals surface area contributed by atoms with E-state index in [4.69, 9.17) is 11.6 Å². The Hall–Kier alpha value is -1.87. The molecule has 0 saturated carbocycles. The van der Waals surface area contributed by atoms with Gasteiger partial charge in [0.05, 0.1) is 6.54 Å². The number of benzene rings is 1. The van der Waals surface area contributed by atoms with Gasteiger partial charge in [0.25, 0.3) is 5.91 Å². The van der Waals surface area contributed by atoms with Gasteiger partial charge in [-0.1, -0.05) is 29.8 Å². The quantitative estimate of drug-likeness (QED) is 0.276. The van der Waals surface area contributed by atoms with Crippen molar-refractivity contribution in [2.24, 2.45) is 4.99 Å². The van der Waals surface area contributed by atoms with Crippen LogP contribution in [0.1, 0.15) is 28.4 Å². The zero-order chi connectivity index (χ0) is 18.9. The Kier molecular flexibility index (Phi) is 10.1. The monoisotopic (exact) mass is 501 g/mol. The highest BCUT2D eigenvalue weighted by molar-refractivity contribution is 14.0. The third-order valence-electron chi connectivity index (χ3n) is 3.62. The zero-order valence-corrected chi connectivity index (χ0v) is 18.8. The maximum absolute atomic E-state index is 11.9. The smallest absolute Gasteiger partial charge is 0.253 e. The number of aliphatic imine (C=N–C) groups is 1. The molecule has 0 radical (unpaired) electrons. The molecule has 2 N–H and O–H groups in total. The molecule has 0 aliphatic carbocycles. The van der Waals surface area contributed by atoms with Crippen molar-refractivity contribution in [2.75, 3.05) is 20.6 Å². The van der Waals surface area contributed by atoms with Gasteiger partial charge in [0, 0.05) is 38.9 Å². The van der Waals surface area contributed by atoms with Crippen LogP contribution in [0.5, 0.6) is 0 Å². The van der Waals surface area contributed by atoms with Crippen molar-refractivity contribution in [3.8, 4) is 0 Å². The highest BCUT2D eigenvalue weighted by Crippen LogP contribution is 2.07. The molecule has 8 heteroatoms. The Morgan fingerprint density at radius 2 is 1.78 bits per heavy atom. The van der Waals surface area contributed by atoms with Crippen molar-refractivity contribution >= 4 is 47.4 Å². The molecule has 1 heterocycles. The average Bonchev–Trinajstić information content (AvgIpc) is 2.65. The number of halogens is 2. The largest absolute Gasteiger partial charge is 0.357 e. The summed E-state index contributed by atoms with van der Waals surface area (Å²) >= 11 is 5.79. The van der Waals surface area contributed by atoms with Gasteiger partial charge in [-0.25, -0.2) is 9.98 Å². The van der Waals surface area contributed by atoms with Gasteiger partial charge < -0.3 is 15.5 Å². The van der Waals surface area contributed by atoms with Crippen LogP contribution in [0, 0.1) is 0 Å². The second kappa shape index (κ2) is 11.8. The summed E-state index contributed by atoms with van der Waals surface area (Å²) in [4.78, 5) is 22.1. The van der Waals surface area contributed by atoms with Gasteiger partial charge in [0.2, 0.25) is 0 Å². The number of nitrogens with one attached hydrogen (secondary N) is 2. The van der Waals surface area contributed by atoms with E-state index in [0.29, 0.717) is 23.8 Å². The van der Waals surface area contributed by atoms with Crippen LogP contribution in [-0.4, -0.2) is 42.4 Å². The van der Waals surface area contributed by atoms with Gasteiger partial charge in [-0.3, -0.25) is 4.79 Å². The van der Waals surface area contributed by atoms with Gasteiger partial charge in [0.15, 0.2) is 5.96 Å². The second-order valence-electron chi connectivity index (χ2n) is 5.93. The number of nitrogens with zero attached hydrogens (tertiary/aromatic N) is 3. The summed E-state index contributed by atoms with van der Waals surface area (Å²) in [5.74, 6) is 0.715. The van der Waals surface area contributed by atoms with Crippen LogP contribution in [-0.2, 0) is 13.1 Å². The minimum absolute atomic E-state index is 0. The molecule has 0 saturated heterocycles. The van der Waals surface area contributed by atoms with Crippen LogP contribution in [0.3, 0.4) is 0 Å². The topological polar surface area (TPSA) is 69.6 Å². The lowest BCUT2D eigenvalue weighted by Crippen LogP contribution is -2.36. The number of rotatable bonds is 6. The molecule has 27 heavy (non-hydrogen) atoms. The minimum atomic E-state index is -0.00372. The number of carbonyl (C=O) groups is 1. The summed E-state index contributed by atoms with van der Waals surface area (Å²) in [7, 11) is 3.49. The van der Waals surface area contributed by atoms with E-state index in [1.807, 2.05) is 37.3 Å². The summed E-state index contributed by atoms with van der Waals surface area (Å²) in [5.41, 5.74) is 2.73. The van der Waals surface area contributed by atoms with Gasteiger partial charge in [0.1, 0.15) is 5.15 Å². The lowest BCUT2D eigenvalue weighted by Gasteiger charge is -2.13. The van der Waals surface area contributed by atoms with Gasteiger partial charge in [-0.05, 0) is 36.2 Å². The van der Waals surface area contributed by atoms with Gasteiger partial charge in [-0.2, -0.15) is 0 Å². The van der Waals surface area contributed by atoms with Crippen molar-refractivity contribution in [1.29, 1.82) is 0 Å². The molecule has 1 aromatic heterocycles. The Labute approximate surface area is 182 Å². The maximum atomic E-state index is 11.9. The molecule has 1 aromatic carbocycles. The first-order valence-corrected chi connectivity index (χ1v) is 8.80. The summed E-state index contributed by atoms with van der Waals surface area (Å²) in [6.07, 6.45) is 1.72. The summed E-state index contributed by atoms with van der Waals surface area (Å²) < 4.78 is 0. The normalized spacial score (nSPS) is 10.7. The molecule has 146 valence electrons. The van der Waals surface area contributed by atoms with E-state index in [-0.39, 0.29) is 29.9 Å². The fourth-order valence-electron chi connectivity index (χ4n) is 2.22. The molecule has 0 atom stereocenters. The SMILES string of the molecule is CCNC(=NCc1ccc(Cl)nc1)NCc1ccc(C(=O)N(C)C)cc1.I. The van der Waals surface area contributed by atoms with Crippen LogP contribution in [0.4, 0.5) is 0 Å². The standard InChI is InChI=1S/C19H24ClN5O.HI/c1-4-21-19(24-13-15-7-10-17(20)22-12-15)23-11-14-5-8-16(9-6-14)18(26)25(2)3;/h5-10,12H,4,11,13H2,1-3H3,(H2,21,23,24);1H. The lowest BCUT2D eigenvalue weighted by atomic mass is 10.1. The number of carbonyl (C=O) groups excluding carboxylic acids is 1. The average molecular weight is 502 g/mol. The number of hydrogen-bond donors (Lipinski definition) is 2. The van der Waals surface area contributed by atoms with Crippen LogP contribution >= 0.6 is 35.6 Å². The molecule has 0 spiro atoms. The van der Waals surface area contributed by atoms with E-state index in [1.54, 1.807) is 31.3 Å². The molecule has 1 amide bonds.